The van der Waals surface area contributed by atoms with Crippen molar-refractivity contribution in [1.29, 1.82) is 0 Å². The van der Waals surface area contributed by atoms with Gasteiger partial charge in [0.2, 0.25) is 5.91 Å². The first-order valence-electron chi connectivity index (χ1n) is 6.08. The maximum absolute atomic E-state index is 13.4. The van der Waals surface area contributed by atoms with Gasteiger partial charge in [-0.2, -0.15) is 0 Å². The predicted octanol–water partition coefficient (Wildman–Crippen LogP) is 0.798. The lowest BCUT2D eigenvalue weighted by atomic mass is 10.1. The molecule has 0 fully saturated rings. The minimum Gasteiger partial charge on any atom is -0.494 e. The van der Waals surface area contributed by atoms with Crippen LogP contribution in [0.25, 0.3) is 6.08 Å². The van der Waals surface area contributed by atoms with Gasteiger partial charge in [0.05, 0.1) is 13.2 Å². The summed E-state index contributed by atoms with van der Waals surface area (Å²) in [6, 6.07) is 2.71. The fourth-order valence-electron chi connectivity index (χ4n) is 1.55. The molecule has 1 aromatic carbocycles. The summed E-state index contributed by atoms with van der Waals surface area (Å²) < 4.78 is 18.2. The molecule has 0 aromatic heterocycles. The van der Waals surface area contributed by atoms with Crippen LogP contribution in [0.1, 0.15) is 12.5 Å². The molecule has 114 valence electrons. The Labute approximate surface area is 120 Å². The van der Waals surface area contributed by atoms with Crippen LogP contribution < -0.4 is 10.1 Å². The molecular formula is C14H16FNO5. The molecule has 0 radical (unpaired) electrons. The number of aliphatic hydroxyl groups excluding tert-OH is 1. The number of hydrogen-bond acceptors (Lipinski definition) is 4. The van der Waals surface area contributed by atoms with Crippen molar-refractivity contribution in [3.8, 4) is 5.75 Å². The summed E-state index contributed by atoms with van der Waals surface area (Å²) in [6.07, 6.45) is 1.14. The van der Waals surface area contributed by atoms with E-state index in [-0.39, 0.29) is 5.75 Å². The number of ether oxygens (including phenoxy) is 1. The number of methoxy groups -OCH3 is 1. The van der Waals surface area contributed by atoms with Crippen molar-refractivity contribution in [3.05, 3.63) is 35.7 Å². The van der Waals surface area contributed by atoms with Crippen molar-refractivity contribution < 1.29 is 28.9 Å². The lowest BCUT2D eigenvalue weighted by Gasteiger charge is -2.15. The number of carbonyl (C=O) groups excluding carboxylic acids is 1. The first kappa shape index (κ1) is 16.6. The quantitative estimate of drug-likeness (QED) is 0.675. The van der Waals surface area contributed by atoms with Crippen molar-refractivity contribution >= 4 is 18.0 Å². The summed E-state index contributed by atoms with van der Waals surface area (Å²) in [6.45, 7) is 1.25. The molecule has 1 rings (SSSR count). The van der Waals surface area contributed by atoms with Gasteiger partial charge in [-0.05, 0) is 30.7 Å². The van der Waals surface area contributed by atoms with Crippen molar-refractivity contribution in [2.24, 2.45) is 0 Å². The first-order valence-corrected chi connectivity index (χ1v) is 6.08. The van der Waals surface area contributed by atoms with Crippen LogP contribution in [0.15, 0.2) is 24.3 Å². The lowest BCUT2D eigenvalue weighted by Crippen LogP contribution is -2.47. The van der Waals surface area contributed by atoms with Crippen molar-refractivity contribution in [3.63, 3.8) is 0 Å². The van der Waals surface area contributed by atoms with E-state index in [1.54, 1.807) is 0 Å². The van der Waals surface area contributed by atoms with Gasteiger partial charge in [0.15, 0.2) is 17.6 Å². The van der Waals surface area contributed by atoms with E-state index >= 15 is 0 Å². The summed E-state index contributed by atoms with van der Waals surface area (Å²) in [5.41, 5.74) is 0.410. The SMILES string of the molecule is COc1ccc(/C=C/C(=O)NC(C(=O)O)C(C)O)cc1F. The van der Waals surface area contributed by atoms with Crippen molar-refractivity contribution in [1.82, 2.24) is 5.32 Å². The zero-order valence-electron chi connectivity index (χ0n) is 11.5. The molecule has 0 spiro atoms. The van der Waals surface area contributed by atoms with Crippen LogP contribution in [0.3, 0.4) is 0 Å². The van der Waals surface area contributed by atoms with Gasteiger partial charge in [0.1, 0.15) is 0 Å². The molecule has 7 heteroatoms. The molecule has 1 amide bonds. The summed E-state index contributed by atoms with van der Waals surface area (Å²) in [5.74, 6) is -2.55. The standard InChI is InChI=1S/C14H16FNO5/c1-8(17)13(14(19)20)16-12(18)6-4-9-3-5-11(21-2)10(15)7-9/h3-8,13,17H,1-2H3,(H,16,18)(H,19,20)/b6-4+. The Morgan fingerprint density at radius 2 is 2.10 bits per heavy atom. The van der Waals surface area contributed by atoms with Crippen LogP contribution in [0.5, 0.6) is 5.75 Å². The highest BCUT2D eigenvalue weighted by Gasteiger charge is 2.23. The second-order valence-electron chi connectivity index (χ2n) is 4.29. The highest BCUT2D eigenvalue weighted by atomic mass is 19.1. The average molecular weight is 297 g/mol. The molecule has 21 heavy (non-hydrogen) atoms. The van der Waals surface area contributed by atoms with Crippen LogP contribution >= 0.6 is 0 Å². The summed E-state index contributed by atoms with van der Waals surface area (Å²) in [7, 11) is 1.34. The molecule has 0 bridgehead atoms. The number of carboxylic acids is 1. The van der Waals surface area contributed by atoms with E-state index in [0.29, 0.717) is 5.56 Å². The van der Waals surface area contributed by atoms with Gasteiger partial charge < -0.3 is 20.3 Å². The van der Waals surface area contributed by atoms with Crippen LogP contribution in [0.4, 0.5) is 4.39 Å². The van der Waals surface area contributed by atoms with Gasteiger partial charge in [-0.25, -0.2) is 9.18 Å². The average Bonchev–Trinajstić information content (AvgIpc) is 2.42. The van der Waals surface area contributed by atoms with Crippen LogP contribution in [0, 0.1) is 5.82 Å². The zero-order valence-corrected chi connectivity index (χ0v) is 11.5. The molecule has 0 aliphatic heterocycles. The second kappa shape index (κ2) is 7.39. The molecule has 0 saturated heterocycles. The fraction of sp³-hybridized carbons (Fsp3) is 0.286. The lowest BCUT2D eigenvalue weighted by molar-refractivity contribution is -0.144. The fourth-order valence-corrected chi connectivity index (χ4v) is 1.55. The van der Waals surface area contributed by atoms with Gasteiger partial charge in [-0.1, -0.05) is 6.07 Å². The maximum atomic E-state index is 13.4. The Hall–Kier alpha value is -2.41. The molecule has 0 aliphatic rings. The molecular weight excluding hydrogens is 281 g/mol. The molecule has 2 atom stereocenters. The number of aliphatic carboxylic acids is 1. The van der Waals surface area contributed by atoms with Crippen LogP contribution in [-0.2, 0) is 9.59 Å². The van der Waals surface area contributed by atoms with Crippen molar-refractivity contribution in [2.75, 3.05) is 7.11 Å². The highest BCUT2D eigenvalue weighted by Crippen LogP contribution is 2.18. The first-order chi connectivity index (χ1) is 9.85. The van der Waals surface area contributed by atoms with E-state index in [1.807, 2.05) is 0 Å². The van der Waals surface area contributed by atoms with Gasteiger partial charge >= 0.3 is 5.97 Å². The van der Waals surface area contributed by atoms with E-state index in [9.17, 15) is 19.1 Å². The number of halogens is 1. The summed E-state index contributed by atoms with van der Waals surface area (Å²) in [5, 5.41) is 20.2. The van der Waals surface area contributed by atoms with Crippen LogP contribution in [0.2, 0.25) is 0 Å². The summed E-state index contributed by atoms with van der Waals surface area (Å²) in [4.78, 5) is 22.4. The van der Waals surface area contributed by atoms with Gasteiger partial charge in [-0.3, -0.25) is 4.79 Å². The Morgan fingerprint density at radius 1 is 1.43 bits per heavy atom. The Kier molecular flexibility index (Phi) is 5.86. The number of carboxylic acid groups (broad SMARTS) is 1. The Balaban J connectivity index is 2.74. The number of aliphatic hydroxyl groups is 1. The normalized spacial score (nSPS) is 13.7. The predicted molar refractivity (Wildman–Crippen MR) is 73.2 cm³/mol. The molecule has 0 heterocycles. The van der Waals surface area contributed by atoms with Gasteiger partial charge in [-0.15, -0.1) is 0 Å². The third-order valence-corrected chi connectivity index (χ3v) is 2.65. The molecule has 3 N–H and O–H groups in total. The number of carbonyl (C=O) groups is 2. The van der Waals surface area contributed by atoms with E-state index in [1.165, 1.54) is 38.3 Å². The summed E-state index contributed by atoms with van der Waals surface area (Å²) >= 11 is 0. The number of amides is 1. The monoisotopic (exact) mass is 297 g/mol. The molecule has 1 aromatic rings. The zero-order chi connectivity index (χ0) is 16.0. The minimum atomic E-state index is -1.41. The Morgan fingerprint density at radius 3 is 2.57 bits per heavy atom. The minimum absolute atomic E-state index is 0.0802. The highest BCUT2D eigenvalue weighted by molar-refractivity contribution is 5.94. The number of hydrogen-bond donors (Lipinski definition) is 3. The van der Waals surface area contributed by atoms with Crippen molar-refractivity contribution in [2.45, 2.75) is 19.1 Å². The second-order valence-corrected chi connectivity index (χ2v) is 4.29. The topological polar surface area (TPSA) is 95.9 Å². The third-order valence-electron chi connectivity index (χ3n) is 2.65. The van der Waals surface area contributed by atoms with Crippen LogP contribution in [-0.4, -0.2) is 41.3 Å². The number of nitrogens with one attached hydrogen (secondary N) is 1. The smallest absolute Gasteiger partial charge is 0.328 e. The van der Waals surface area contributed by atoms with E-state index in [0.717, 1.165) is 6.08 Å². The molecule has 6 nitrogen and oxygen atoms in total. The third kappa shape index (κ3) is 4.88. The van der Waals surface area contributed by atoms with Gasteiger partial charge in [0.25, 0.3) is 0 Å². The molecule has 2 unspecified atom stereocenters. The van der Waals surface area contributed by atoms with E-state index in [4.69, 9.17) is 9.84 Å². The van der Waals surface area contributed by atoms with E-state index < -0.39 is 29.8 Å². The maximum Gasteiger partial charge on any atom is 0.328 e. The Bertz CT molecular complexity index is 556. The van der Waals surface area contributed by atoms with E-state index in [2.05, 4.69) is 5.32 Å². The molecule has 0 aliphatic carbocycles. The molecule has 0 saturated carbocycles. The van der Waals surface area contributed by atoms with Gasteiger partial charge in [0, 0.05) is 6.08 Å². The number of benzene rings is 1. The largest absolute Gasteiger partial charge is 0.494 e. The number of rotatable bonds is 6.